The van der Waals surface area contributed by atoms with Crippen LogP contribution >= 0.6 is 12.2 Å². The van der Waals surface area contributed by atoms with Gasteiger partial charge in [0.2, 0.25) is 0 Å². The molecule has 2 heterocycles. The topological polar surface area (TPSA) is 62.0 Å². The fourth-order valence-electron chi connectivity index (χ4n) is 2.57. The second-order valence-electron chi connectivity index (χ2n) is 5.78. The molecular formula is C13H24N4O2S. The number of hydrogen-bond acceptors (Lipinski definition) is 4. The molecule has 0 atom stereocenters. The average Bonchev–Trinajstić information content (AvgIpc) is 2.47. The van der Waals surface area contributed by atoms with E-state index in [1.807, 2.05) is 23.6 Å². The van der Waals surface area contributed by atoms with Crippen LogP contribution in [-0.2, 0) is 4.74 Å². The molecule has 2 rings (SSSR count). The lowest BCUT2D eigenvalue weighted by Gasteiger charge is -2.44. The van der Waals surface area contributed by atoms with Crippen molar-refractivity contribution in [3.63, 3.8) is 0 Å². The summed E-state index contributed by atoms with van der Waals surface area (Å²) in [5.74, 6) is 0. The van der Waals surface area contributed by atoms with Crippen molar-refractivity contribution in [2.24, 2.45) is 5.73 Å². The third kappa shape index (κ3) is 3.21. The van der Waals surface area contributed by atoms with Crippen molar-refractivity contribution in [1.29, 1.82) is 0 Å². The van der Waals surface area contributed by atoms with Crippen LogP contribution in [0.1, 0.15) is 13.8 Å². The van der Waals surface area contributed by atoms with E-state index in [0.29, 0.717) is 31.3 Å². The molecule has 2 saturated heterocycles. The normalized spacial score (nSPS) is 21.9. The van der Waals surface area contributed by atoms with Gasteiger partial charge in [-0.05, 0) is 13.8 Å². The van der Waals surface area contributed by atoms with Crippen molar-refractivity contribution in [1.82, 2.24) is 14.7 Å². The molecule has 0 aromatic carbocycles. The van der Waals surface area contributed by atoms with Gasteiger partial charge in [-0.15, -0.1) is 0 Å². The molecule has 2 fully saturated rings. The molecule has 6 nitrogen and oxygen atoms in total. The van der Waals surface area contributed by atoms with Crippen LogP contribution in [0.3, 0.4) is 0 Å². The zero-order valence-corrected chi connectivity index (χ0v) is 13.1. The maximum atomic E-state index is 12.4. The summed E-state index contributed by atoms with van der Waals surface area (Å²) in [5, 5.41) is 0. The zero-order chi connectivity index (χ0) is 14.8. The number of morpholine rings is 1. The summed E-state index contributed by atoms with van der Waals surface area (Å²) < 4.78 is 5.28. The van der Waals surface area contributed by atoms with E-state index in [1.54, 1.807) is 0 Å². The molecule has 20 heavy (non-hydrogen) atoms. The summed E-state index contributed by atoms with van der Waals surface area (Å²) in [4.78, 5) is 18.9. The third-order valence-corrected chi connectivity index (χ3v) is 4.72. The first-order valence-electron chi connectivity index (χ1n) is 7.09. The Kier molecular flexibility index (Phi) is 4.82. The van der Waals surface area contributed by atoms with Crippen molar-refractivity contribution < 1.29 is 9.53 Å². The Balaban J connectivity index is 1.87. The number of ether oxygens (including phenoxy) is 1. The predicted octanol–water partition coefficient (Wildman–Crippen LogP) is 0.121. The van der Waals surface area contributed by atoms with Crippen LogP contribution in [0.5, 0.6) is 0 Å². The van der Waals surface area contributed by atoms with E-state index in [-0.39, 0.29) is 11.6 Å². The molecule has 0 aromatic rings. The van der Waals surface area contributed by atoms with Crippen LogP contribution in [0.15, 0.2) is 0 Å². The molecule has 0 radical (unpaired) electrons. The predicted molar refractivity (Wildman–Crippen MR) is 81.8 cm³/mol. The quantitative estimate of drug-likeness (QED) is 0.734. The van der Waals surface area contributed by atoms with E-state index in [0.717, 1.165) is 26.2 Å². The highest BCUT2D eigenvalue weighted by Gasteiger charge is 2.34. The summed E-state index contributed by atoms with van der Waals surface area (Å²) >= 11 is 5.13. The first-order valence-corrected chi connectivity index (χ1v) is 7.50. The number of carbonyl (C=O) groups is 1. The van der Waals surface area contributed by atoms with Crippen LogP contribution < -0.4 is 5.73 Å². The minimum Gasteiger partial charge on any atom is -0.392 e. The molecule has 0 aliphatic carbocycles. The molecule has 0 bridgehead atoms. The van der Waals surface area contributed by atoms with Gasteiger partial charge in [0.15, 0.2) is 0 Å². The number of rotatable bonds is 2. The molecule has 2 aliphatic rings. The Labute approximate surface area is 125 Å². The van der Waals surface area contributed by atoms with Gasteiger partial charge in [0, 0.05) is 39.3 Å². The number of thiocarbonyl (C=S) groups is 1. The minimum absolute atomic E-state index is 0.126. The monoisotopic (exact) mass is 300 g/mol. The number of carbonyl (C=O) groups excluding carboxylic acids is 1. The van der Waals surface area contributed by atoms with Crippen molar-refractivity contribution in [3.05, 3.63) is 0 Å². The van der Waals surface area contributed by atoms with Crippen molar-refractivity contribution in [2.75, 3.05) is 52.5 Å². The Morgan fingerprint density at radius 1 is 1.05 bits per heavy atom. The molecule has 114 valence electrons. The van der Waals surface area contributed by atoms with E-state index in [9.17, 15) is 4.79 Å². The first-order chi connectivity index (χ1) is 9.43. The highest BCUT2D eigenvalue weighted by Crippen LogP contribution is 2.18. The van der Waals surface area contributed by atoms with E-state index in [2.05, 4.69) is 4.90 Å². The molecule has 2 N–H and O–H groups in total. The molecule has 0 saturated carbocycles. The molecule has 2 aliphatic heterocycles. The van der Waals surface area contributed by atoms with Gasteiger partial charge in [0.05, 0.1) is 23.7 Å². The van der Waals surface area contributed by atoms with Crippen LogP contribution in [0.25, 0.3) is 0 Å². The Morgan fingerprint density at radius 2 is 1.55 bits per heavy atom. The summed E-state index contributed by atoms with van der Waals surface area (Å²) in [6.07, 6.45) is 0. The number of hydrogen-bond donors (Lipinski definition) is 1. The van der Waals surface area contributed by atoms with E-state index >= 15 is 0 Å². The minimum atomic E-state index is -0.288. The van der Waals surface area contributed by atoms with Crippen LogP contribution in [0.2, 0.25) is 0 Å². The lowest BCUT2D eigenvalue weighted by atomic mass is 10.0. The molecular weight excluding hydrogens is 276 g/mol. The maximum Gasteiger partial charge on any atom is 0.320 e. The number of urea groups is 1. The van der Waals surface area contributed by atoms with Crippen LogP contribution in [0.4, 0.5) is 4.79 Å². The SMILES string of the molecule is CC(C)(C(N)=S)N1CCN(C(=O)N2CCOCC2)CC1. The molecule has 0 unspecified atom stereocenters. The van der Waals surface area contributed by atoms with Crippen LogP contribution in [-0.4, -0.2) is 83.7 Å². The van der Waals surface area contributed by atoms with Gasteiger partial charge >= 0.3 is 6.03 Å². The Morgan fingerprint density at radius 3 is 2.05 bits per heavy atom. The Bertz CT molecular complexity index is 375. The smallest absolute Gasteiger partial charge is 0.320 e. The van der Waals surface area contributed by atoms with Crippen molar-refractivity contribution >= 4 is 23.2 Å². The second kappa shape index (κ2) is 6.24. The first kappa shape index (κ1) is 15.5. The lowest BCUT2D eigenvalue weighted by Crippen LogP contribution is -2.61. The van der Waals surface area contributed by atoms with Crippen molar-refractivity contribution in [3.8, 4) is 0 Å². The molecule has 7 heteroatoms. The Hall–Kier alpha value is -0.920. The standard InChI is InChI=1S/C13H24N4O2S/c1-13(2,11(14)20)17-5-3-15(4-6-17)12(18)16-7-9-19-10-8-16/h3-10H2,1-2H3,(H2,14,20). The molecule has 0 spiro atoms. The van der Waals surface area contributed by atoms with Crippen molar-refractivity contribution in [2.45, 2.75) is 19.4 Å². The highest BCUT2D eigenvalue weighted by molar-refractivity contribution is 7.80. The van der Waals surface area contributed by atoms with E-state index in [4.69, 9.17) is 22.7 Å². The average molecular weight is 300 g/mol. The van der Waals surface area contributed by atoms with Crippen LogP contribution in [0, 0.1) is 0 Å². The molecule has 0 aromatic heterocycles. The fourth-order valence-corrected chi connectivity index (χ4v) is 2.70. The van der Waals surface area contributed by atoms with E-state index in [1.165, 1.54) is 0 Å². The number of nitrogens with zero attached hydrogens (tertiary/aromatic N) is 3. The van der Waals surface area contributed by atoms with Gasteiger partial charge in [-0.3, -0.25) is 4.90 Å². The lowest BCUT2D eigenvalue weighted by molar-refractivity contribution is 0.0333. The second-order valence-corrected chi connectivity index (χ2v) is 6.22. The van der Waals surface area contributed by atoms with E-state index < -0.39 is 0 Å². The van der Waals surface area contributed by atoms with Gasteiger partial charge in [0.25, 0.3) is 0 Å². The number of nitrogens with two attached hydrogens (primary N) is 1. The highest BCUT2D eigenvalue weighted by atomic mass is 32.1. The van der Waals surface area contributed by atoms with Gasteiger partial charge < -0.3 is 20.3 Å². The number of piperazine rings is 1. The number of amides is 2. The van der Waals surface area contributed by atoms with Gasteiger partial charge in [-0.25, -0.2) is 4.79 Å². The van der Waals surface area contributed by atoms with Gasteiger partial charge in [0.1, 0.15) is 0 Å². The maximum absolute atomic E-state index is 12.4. The summed E-state index contributed by atoms with van der Waals surface area (Å²) in [7, 11) is 0. The fraction of sp³-hybridized carbons (Fsp3) is 0.846. The van der Waals surface area contributed by atoms with Gasteiger partial charge in [-0.2, -0.15) is 0 Å². The zero-order valence-electron chi connectivity index (χ0n) is 12.3. The third-order valence-electron chi connectivity index (χ3n) is 4.23. The van der Waals surface area contributed by atoms with Gasteiger partial charge in [-0.1, -0.05) is 12.2 Å². The summed E-state index contributed by atoms with van der Waals surface area (Å²) in [6, 6.07) is 0.126. The molecule has 2 amide bonds. The summed E-state index contributed by atoms with van der Waals surface area (Å²) in [6.45, 7) is 9.80. The summed E-state index contributed by atoms with van der Waals surface area (Å²) in [5.41, 5.74) is 5.51. The largest absolute Gasteiger partial charge is 0.392 e.